The molecular formula is C34H27N3O3. The van der Waals surface area contributed by atoms with Gasteiger partial charge >= 0.3 is 5.97 Å². The first kappa shape index (κ1) is 25.1. The van der Waals surface area contributed by atoms with Gasteiger partial charge in [0.2, 0.25) is 0 Å². The number of fused-ring (bicyclic) bond motifs is 2. The minimum Gasteiger partial charge on any atom is -0.478 e. The number of carbonyl (C=O) groups is 2. The van der Waals surface area contributed by atoms with E-state index in [1.54, 1.807) is 12.1 Å². The van der Waals surface area contributed by atoms with Gasteiger partial charge in [0.25, 0.3) is 5.91 Å². The summed E-state index contributed by atoms with van der Waals surface area (Å²) < 4.78 is 1.94. The van der Waals surface area contributed by atoms with Crippen molar-refractivity contribution >= 4 is 28.2 Å². The van der Waals surface area contributed by atoms with Crippen molar-refractivity contribution in [2.45, 2.75) is 19.4 Å². The molecule has 0 radical (unpaired) electrons. The molecule has 196 valence electrons. The van der Waals surface area contributed by atoms with Gasteiger partial charge in [-0.25, -0.2) is 9.78 Å². The molecule has 6 rings (SSSR count). The second-order valence-electron chi connectivity index (χ2n) is 9.88. The van der Waals surface area contributed by atoms with Gasteiger partial charge in [-0.05, 0) is 57.3 Å². The molecule has 6 heteroatoms. The summed E-state index contributed by atoms with van der Waals surface area (Å²) in [5.74, 6) is -0.510. The van der Waals surface area contributed by atoms with Crippen molar-refractivity contribution in [3.63, 3.8) is 0 Å². The topological polar surface area (TPSA) is 83.7 Å². The number of amides is 1. The lowest BCUT2D eigenvalue weighted by Gasteiger charge is -2.16. The zero-order valence-electron chi connectivity index (χ0n) is 21.9. The highest BCUT2D eigenvalue weighted by molar-refractivity contribution is 5.95. The number of imidazole rings is 1. The number of carboxylic acids is 1. The summed E-state index contributed by atoms with van der Waals surface area (Å²) in [5, 5.41) is 14.5. The maximum atomic E-state index is 13.7. The molecule has 40 heavy (non-hydrogen) atoms. The number of rotatable bonds is 7. The molecule has 1 atom stereocenters. The van der Waals surface area contributed by atoms with E-state index in [4.69, 9.17) is 10.1 Å². The third kappa shape index (κ3) is 4.83. The highest BCUT2D eigenvalue weighted by Crippen LogP contribution is 2.30. The van der Waals surface area contributed by atoms with Crippen molar-refractivity contribution in [3.05, 3.63) is 144 Å². The van der Waals surface area contributed by atoms with E-state index in [2.05, 4.69) is 48.6 Å². The molecule has 0 fully saturated rings. The number of pyridine rings is 1. The lowest BCUT2D eigenvalue weighted by Crippen LogP contribution is -2.26. The first-order valence-corrected chi connectivity index (χ1v) is 13.1. The van der Waals surface area contributed by atoms with Gasteiger partial charge in [0.15, 0.2) is 0 Å². The zero-order valence-corrected chi connectivity index (χ0v) is 21.9. The summed E-state index contributed by atoms with van der Waals surface area (Å²) in [4.78, 5) is 29.7. The van der Waals surface area contributed by atoms with E-state index in [1.165, 1.54) is 17.5 Å². The smallest absolute Gasteiger partial charge is 0.335 e. The Labute approximate surface area is 231 Å². The molecular weight excluding hydrogens is 498 g/mol. The molecule has 1 amide bonds. The second-order valence-corrected chi connectivity index (χ2v) is 9.88. The number of benzene rings is 4. The largest absolute Gasteiger partial charge is 0.478 e. The van der Waals surface area contributed by atoms with Crippen molar-refractivity contribution in [2.24, 2.45) is 0 Å². The Morgan fingerprint density at radius 2 is 1.55 bits per heavy atom. The minimum atomic E-state index is -0.983. The van der Waals surface area contributed by atoms with Crippen LogP contribution in [0.2, 0.25) is 0 Å². The molecule has 0 unspecified atom stereocenters. The van der Waals surface area contributed by atoms with Crippen molar-refractivity contribution in [1.29, 1.82) is 0 Å². The molecule has 0 aliphatic rings. The molecule has 6 nitrogen and oxygen atoms in total. The number of aromatic carboxylic acids is 1. The highest BCUT2D eigenvalue weighted by Gasteiger charge is 2.21. The number of hydrogen-bond acceptors (Lipinski definition) is 3. The van der Waals surface area contributed by atoms with Crippen LogP contribution in [-0.4, -0.2) is 26.4 Å². The Hall–Kier alpha value is -5.23. The van der Waals surface area contributed by atoms with Gasteiger partial charge in [0, 0.05) is 12.5 Å². The van der Waals surface area contributed by atoms with Gasteiger partial charge in [0.05, 0.1) is 17.3 Å². The molecule has 0 aliphatic heterocycles. The molecule has 2 heterocycles. The normalized spacial score (nSPS) is 11.9. The first-order valence-electron chi connectivity index (χ1n) is 13.1. The SMILES string of the molecule is C[C@@H](c1ccc2ccccc2c1)c1ncc2cc(-c3ccccc3)cc(C(=O)NCc3ccc(C(=O)O)cc3)n12. The molecule has 2 N–H and O–H groups in total. The molecule has 0 saturated heterocycles. The van der Waals surface area contributed by atoms with Crippen molar-refractivity contribution in [1.82, 2.24) is 14.7 Å². The van der Waals surface area contributed by atoms with Crippen LogP contribution in [0, 0.1) is 0 Å². The Bertz CT molecular complexity index is 1860. The molecule has 2 aromatic heterocycles. The van der Waals surface area contributed by atoms with E-state index >= 15 is 0 Å². The fourth-order valence-corrected chi connectivity index (χ4v) is 5.09. The third-order valence-corrected chi connectivity index (χ3v) is 7.31. The van der Waals surface area contributed by atoms with Crippen LogP contribution in [0.5, 0.6) is 0 Å². The molecule has 0 spiro atoms. The second kappa shape index (κ2) is 10.5. The van der Waals surface area contributed by atoms with Crippen molar-refractivity contribution < 1.29 is 14.7 Å². The highest BCUT2D eigenvalue weighted by atomic mass is 16.4. The van der Waals surface area contributed by atoms with E-state index in [1.807, 2.05) is 59.1 Å². The van der Waals surface area contributed by atoms with Crippen LogP contribution in [0.3, 0.4) is 0 Å². The lowest BCUT2D eigenvalue weighted by molar-refractivity contribution is 0.0696. The maximum Gasteiger partial charge on any atom is 0.335 e. The van der Waals surface area contributed by atoms with Crippen LogP contribution in [0.25, 0.3) is 27.4 Å². The monoisotopic (exact) mass is 525 g/mol. The average molecular weight is 526 g/mol. The standard InChI is InChI=1S/C34H27N3O3/c1-22(27-16-15-25-9-5-6-10-28(25)17-27)32-35-21-30-18-29(24-7-3-2-4-8-24)19-31(37(30)32)33(38)36-20-23-11-13-26(14-12-23)34(39)40/h2-19,21-22H,20H2,1H3,(H,36,38)(H,39,40)/t22-/m0/s1. The zero-order chi connectivity index (χ0) is 27.6. The van der Waals surface area contributed by atoms with Crippen LogP contribution in [-0.2, 0) is 6.54 Å². The summed E-state index contributed by atoms with van der Waals surface area (Å²) in [5.41, 5.74) is 5.38. The van der Waals surface area contributed by atoms with Gasteiger partial charge in [0.1, 0.15) is 11.5 Å². The molecule has 6 aromatic rings. The lowest BCUT2D eigenvalue weighted by atomic mass is 9.97. The Kier molecular flexibility index (Phi) is 6.58. The summed E-state index contributed by atoms with van der Waals surface area (Å²) in [6.45, 7) is 2.37. The fraction of sp³-hybridized carbons (Fsp3) is 0.0882. The summed E-state index contributed by atoms with van der Waals surface area (Å²) >= 11 is 0. The first-order chi connectivity index (χ1) is 19.5. The predicted molar refractivity (Wildman–Crippen MR) is 157 cm³/mol. The quantitative estimate of drug-likeness (QED) is 0.237. The van der Waals surface area contributed by atoms with E-state index in [9.17, 15) is 9.59 Å². The number of carboxylic acid groups (broad SMARTS) is 1. The molecule has 0 saturated carbocycles. The average Bonchev–Trinajstić information content (AvgIpc) is 3.43. The van der Waals surface area contributed by atoms with E-state index in [-0.39, 0.29) is 23.9 Å². The van der Waals surface area contributed by atoms with Gasteiger partial charge in [-0.3, -0.25) is 9.20 Å². The van der Waals surface area contributed by atoms with Gasteiger partial charge in [-0.1, -0.05) is 91.9 Å². The molecule has 4 aromatic carbocycles. The van der Waals surface area contributed by atoms with E-state index in [0.717, 1.165) is 39.0 Å². The number of carbonyl (C=O) groups excluding carboxylic acids is 1. The van der Waals surface area contributed by atoms with E-state index in [0.29, 0.717) is 5.69 Å². The molecule has 0 aliphatic carbocycles. The summed E-state index contributed by atoms with van der Waals surface area (Å²) in [6, 6.07) is 35.1. The summed E-state index contributed by atoms with van der Waals surface area (Å²) in [6.07, 6.45) is 1.82. The Morgan fingerprint density at radius 1 is 0.825 bits per heavy atom. The van der Waals surface area contributed by atoms with Crippen LogP contribution < -0.4 is 5.32 Å². The number of hydrogen-bond donors (Lipinski definition) is 2. The van der Waals surface area contributed by atoms with Crippen LogP contribution in [0.15, 0.2) is 115 Å². The Morgan fingerprint density at radius 3 is 2.30 bits per heavy atom. The number of nitrogens with zero attached hydrogens (tertiary/aromatic N) is 2. The third-order valence-electron chi connectivity index (χ3n) is 7.31. The van der Waals surface area contributed by atoms with Crippen LogP contribution >= 0.6 is 0 Å². The number of aromatic nitrogens is 2. The van der Waals surface area contributed by atoms with Gasteiger partial charge < -0.3 is 10.4 Å². The maximum absolute atomic E-state index is 13.7. The van der Waals surface area contributed by atoms with Gasteiger partial charge in [-0.2, -0.15) is 0 Å². The predicted octanol–water partition coefficient (Wildman–Crippen LogP) is 6.93. The van der Waals surface area contributed by atoms with Crippen molar-refractivity contribution in [3.8, 4) is 11.1 Å². The van der Waals surface area contributed by atoms with Gasteiger partial charge in [-0.15, -0.1) is 0 Å². The molecule has 0 bridgehead atoms. The minimum absolute atomic E-state index is 0.0650. The Balaban J connectivity index is 1.40. The number of nitrogens with one attached hydrogen (secondary N) is 1. The van der Waals surface area contributed by atoms with Crippen LogP contribution in [0.1, 0.15) is 50.6 Å². The van der Waals surface area contributed by atoms with Crippen molar-refractivity contribution in [2.75, 3.05) is 0 Å². The van der Waals surface area contributed by atoms with Crippen LogP contribution in [0.4, 0.5) is 0 Å². The summed E-state index contributed by atoms with van der Waals surface area (Å²) in [7, 11) is 0. The fourth-order valence-electron chi connectivity index (χ4n) is 5.09. The van der Waals surface area contributed by atoms with E-state index < -0.39 is 5.97 Å².